The Morgan fingerprint density at radius 3 is 2.38 bits per heavy atom. The van der Waals surface area contributed by atoms with Gasteiger partial charge in [0.15, 0.2) is 11.6 Å². The zero-order chi connectivity index (χ0) is 16.8. The van der Waals surface area contributed by atoms with Crippen molar-refractivity contribution in [2.24, 2.45) is 4.99 Å². The van der Waals surface area contributed by atoms with Gasteiger partial charge in [-0.05, 0) is 24.3 Å². The molecule has 4 rings (SSSR count). The van der Waals surface area contributed by atoms with Crippen LogP contribution in [0.15, 0.2) is 41.5 Å². The molecule has 0 fully saturated rings. The lowest BCUT2D eigenvalue weighted by atomic mass is 10.1. The van der Waals surface area contributed by atoms with E-state index in [1.807, 2.05) is 0 Å². The van der Waals surface area contributed by atoms with Crippen LogP contribution in [0.25, 0.3) is 11.3 Å². The van der Waals surface area contributed by atoms with E-state index in [1.54, 1.807) is 0 Å². The van der Waals surface area contributed by atoms with Crippen LogP contribution in [-0.4, -0.2) is 16.0 Å². The number of amidine groups is 1. The molecule has 1 aliphatic heterocycles. The van der Waals surface area contributed by atoms with Crippen LogP contribution < -0.4 is 5.32 Å². The van der Waals surface area contributed by atoms with Crippen LogP contribution in [0.1, 0.15) is 5.56 Å². The lowest BCUT2D eigenvalue weighted by Gasteiger charge is -2.09. The van der Waals surface area contributed by atoms with Crippen molar-refractivity contribution in [3.05, 3.63) is 65.4 Å². The van der Waals surface area contributed by atoms with E-state index in [0.29, 0.717) is 11.4 Å². The Morgan fingerprint density at radius 2 is 1.62 bits per heavy atom. The number of H-pyrrole nitrogens is 1. The van der Waals surface area contributed by atoms with Crippen LogP contribution in [0.4, 0.5) is 28.9 Å². The van der Waals surface area contributed by atoms with Gasteiger partial charge in [0.05, 0.1) is 23.1 Å². The fourth-order valence-electron chi connectivity index (χ4n) is 2.55. The number of hydrogen-bond donors (Lipinski definition) is 2. The lowest BCUT2D eigenvalue weighted by molar-refractivity contribution is 0.511. The summed E-state index contributed by atoms with van der Waals surface area (Å²) in [4.78, 5) is 3.94. The van der Waals surface area contributed by atoms with Crippen LogP contribution in [0.2, 0.25) is 0 Å². The standard InChI is InChI=1S/C16H8F4N4/c17-8-2-1-3-9(18)12(8)16-22-11-6-21-24-14(11)7-4-5-10(19)13(20)15(7)23-16/h1-6H,(H,21,24)(H,22,23). The summed E-state index contributed by atoms with van der Waals surface area (Å²) in [5, 5.41) is 9.18. The van der Waals surface area contributed by atoms with Crippen LogP contribution in [0.5, 0.6) is 0 Å². The smallest absolute Gasteiger partial charge is 0.185 e. The summed E-state index contributed by atoms with van der Waals surface area (Å²) in [5.41, 5.74) is 0.0468. The van der Waals surface area contributed by atoms with E-state index in [0.717, 1.165) is 18.2 Å². The van der Waals surface area contributed by atoms with Gasteiger partial charge in [-0.1, -0.05) is 6.07 Å². The second kappa shape index (κ2) is 5.19. The highest BCUT2D eigenvalue weighted by molar-refractivity contribution is 6.13. The van der Waals surface area contributed by atoms with Crippen molar-refractivity contribution in [3.63, 3.8) is 0 Å². The molecule has 120 valence electrons. The van der Waals surface area contributed by atoms with Gasteiger partial charge >= 0.3 is 0 Å². The number of anilines is 1. The molecule has 2 heterocycles. The highest BCUT2D eigenvalue weighted by atomic mass is 19.2. The maximum Gasteiger partial charge on any atom is 0.185 e. The van der Waals surface area contributed by atoms with Crippen molar-refractivity contribution in [2.45, 2.75) is 0 Å². The molecule has 0 aliphatic carbocycles. The van der Waals surface area contributed by atoms with Gasteiger partial charge in [0, 0.05) is 5.56 Å². The number of aliphatic imine (C=N–C) groups is 1. The molecule has 0 atom stereocenters. The van der Waals surface area contributed by atoms with Crippen molar-refractivity contribution in [2.75, 3.05) is 5.32 Å². The van der Waals surface area contributed by atoms with Crippen LogP contribution in [0.3, 0.4) is 0 Å². The Labute approximate surface area is 132 Å². The molecule has 1 aliphatic rings. The monoisotopic (exact) mass is 332 g/mol. The first kappa shape index (κ1) is 14.4. The van der Waals surface area contributed by atoms with Gasteiger partial charge in [0.25, 0.3) is 0 Å². The van der Waals surface area contributed by atoms with E-state index in [9.17, 15) is 17.6 Å². The summed E-state index contributed by atoms with van der Waals surface area (Å²) in [6, 6.07) is 5.56. The van der Waals surface area contributed by atoms with Gasteiger partial charge in [-0.25, -0.2) is 22.6 Å². The number of rotatable bonds is 1. The highest BCUT2D eigenvalue weighted by Crippen LogP contribution is 2.39. The fraction of sp³-hybridized carbons (Fsp3) is 0. The van der Waals surface area contributed by atoms with E-state index in [-0.39, 0.29) is 17.1 Å². The number of benzene rings is 2. The predicted molar refractivity (Wildman–Crippen MR) is 80.1 cm³/mol. The first-order valence-electron chi connectivity index (χ1n) is 6.88. The third-order valence-corrected chi connectivity index (χ3v) is 3.65. The third-order valence-electron chi connectivity index (χ3n) is 3.65. The van der Waals surface area contributed by atoms with E-state index in [4.69, 9.17) is 0 Å². The SMILES string of the molecule is Fc1ccc2c(c1F)N=C(c1c(F)cccc1F)Nc1cn[nH]c1-2. The molecule has 2 aromatic carbocycles. The van der Waals surface area contributed by atoms with E-state index >= 15 is 0 Å². The summed E-state index contributed by atoms with van der Waals surface area (Å²) in [6.45, 7) is 0. The molecule has 3 aromatic rings. The van der Waals surface area contributed by atoms with Crippen molar-refractivity contribution in [1.29, 1.82) is 0 Å². The van der Waals surface area contributed by atoms with Crippen molar-refractivity contribution in [3.8, 4) is 11.3 Å². The third kappa shape index (κ3) is 2.07. The largest absolute Gasteiger partial charge is 0.336 e. The Hall–Kier alpha value is -3.16. The first-order chi connectivity index (χ1) is 11.6. The van der Waals surface area contributed by atoms with Gasteiger partial charge in [0.2, 0.25) is 0 Å². The maximum absolute atomic E-state index is 14.2. The molecule has 8 heteroatoms. The molecule has 0 saturated carbocycles. The molecule has 0 radical (unpaired) electrons. The molecule has 0 saturated heterocycles. The zero-order valence-electron chi connectivity index (χ0n) is 11.9. The number of nitrogens with one attached hydrogen (secondary N) is 2. The number of aromatic amines is 1. The van der Waals surface area contributed by atoms with Crippen molar-refractivity contribution in [1.82, 2.24) is 10.2 Å². The Balaban J connectivity index is 2.04. The second-order valence-corrected chi connectivity index (χ2v) is 5.10. The molecule has 0 unspecified atom stereocenters. The number of hydrogen-bond acceptors (Lipinski definition) is 3. The average molecular weight is 332 g/mol. The summed E-state index contributed by atoms with van der Waals surface area (Å²) >= 11 is 0. The first-order valence-corrected chi connectivity index (χ1v) is 6.88. The molecule has 0 amide bonds. The number of nitrogens with zero attached hydrogens (tertiary/aromatic N) is 2. The minimum Gasteiger partial charge on any atom is -0.336 e. The fourth-order valence-corrected chi connectivity index (χ4v) is 2.55. The Kier molecular flexibility index (Phi) is 3.12. The van der Waals surface area contributed by atoms with E-state index in [2.05, 4.69) is 20.5 Å². The summed E-state index contributed by atoms with van der Waals surface area (Å²) in [6.07, 6.45) is 1.36. The number of halogens is 4. The van der Waals surface area contributed by atoms with Crippen molar-refractivity contribution >= 4 is 17.2 Å². The quantitative estimate of drug-likeness (QED) is 0.658. The second-order valence-electron chi connectivity index (χ2n) is 5.10. The van der Waals surface area contributed by atoms with Gasteiger partial charge in [-0.2, -0.15) is 5.10 Å². The molecule has 2 N–H and O–H groups in total. The van der Waals surface area contributed by atoms with Crippen LogP contribution in [-0.2, 0) is 0 Å². The molecule has 0 bridgehead atoms. The minimum atomic E-state index is -1.22. The van der Waals surface area contributed by atoms with Gasteiger partial charge < -0.3 is 5.32 Å². The Morgan fingerprint density at radius 1 is 0.875 bits per heavy atom. The van der Waals surface area contributed by atoms with E-state index < -0.39 is 28.8 Å². The normalized spacial score (nSPS) is 12.8. The summed E-state index contributed by atoms with van der Waals surface area (Å²) < 4.78 is 56.0. The average Bonchev–Trinajstić information content (AvgIpc) is 2.94. The molecule has 0 spiro atoms. The number of fused-ring (bicyclic) bond motifs is 3. The minimum absolute atomic E-state index is 0.223. The lowest BCUT2D eigenvalue weighted by Crippen LogP contribution is -2.16. The molecule has 4 nitrogen and oxygen atoms in total. The molecular formula is C16H8F4N4. The maximum atomic E-state index is 14.2. The van der Waals surface area contributed by atoms with Gasteiger partial charge in [-0.15, -0.1) is 0 Å². The zero-order valence-corrected chi connectivity index (χ0v) is 11.9. The predicted octanol–water partition coefficient (Wildman–Crippen LogP) is 4.14. The Bertz CT molecular complexity index is 973. The van der Waals surface area contributed by atoms with Crippen molar-refractivity contribution < 1.29 is 17.6 Å². The van der Waals surface area contributed by atoms with E-state index in [1.165, 1.54) is 18.3 Å². The highest BCUT2D eigenvalue weighted by Gasteiger charge is 2.25. The topological polar surface area (TPSA) is 53.1 Å². The van der Waals surface area contributed by atoms with Crippen LogP contribution in [0, 0.1) is 23.3 Å². The van der Waals surface area contributed by atoms with Gasteiger partial charge in [0.1, 0.15) is 23.2 Å². The summed E-state index contributed by atoms with van der Waals surface area (Å²) in [5.74, 6) is -4.38. The van der Waals surface area contributed by atoms with Crippen LogP contribution >= 0.6 is 0 Å². The molecule has 1 aromatic heterocycles. The molecular weight excluding hydrogens is 324 g/mol. The number of aromatic nitrogens is 2. The summed E-state index contributed by atoms with van der Waals surface area (Å²) in [7, 11) is 0. The molecule has 24 heavy (non-hydrogen) atoms. The van der Waals surface area contributed by atoms with Gasteiger partial charge in [-0.3, -0.25) is 5.10 Å².